The lowest BCUT2D eigenvalue weighted by Gasteiger charge is -2.18. The number of nitrogens with one attached hydrogen (secondary N) is 1. The van der Waals surface area contributed by atoms with Gasteiger partial charge in [0.2, 0.25) is 0 Å². The van der Waals surface area contributed by atoms with Gasteiger partial charge in [-0.05, 0) is 56.0 Å². The van der Waals surface area contributed by atoms with Crippen molar-refractivity contribution in [1.82, 2.24) is 10.3 Å². The van der Waals surface area contributed by atoms with Crippen LogP contribution in [0.1, 0.15) is 41.8 Å². The van der Waals surface area contributed by atoms with Gasteiger partial charge in [-0.1, -0.05) is 37.3 Å². The van der Waals surface area contributed by atoms with Crippen LogP contribution < -0.4 is 5.32 Å². The van der Waals surface area contributed by atoms with Crippen LogP contribution >= 0.6 is 0 Å². The standard InChI is InChI=1S/C18H24N2/c1-4-19-18(17-10-9-15(3)20-13-17)12-11-16-8-6-5-7-14(16)2/h5-10,13,18-19H,4,11-12H2,1-3H3. The summed E-state index contributed by atoms with van der Waals surface area (Å²) < 4.78 is 0. The van der Waals surface area contributed by atoms with E-state index in [2.05, 4.69) is 60.5 Å². The molecule has 1 N–H and O–H groups in total. The third kappa shape index (κ3) is 3.91. The Morgan fingerprint density at radius 3 is 2.55 bits per heavy atom. The Morgan fingerprint density at radius 1 is 1.10 bits per heavy atom. The van der Waals surface area contributed by atoms with Crippen LogP contribution in [0.5, 0.6) is 0 Å². The number of hydrogen-bond donors (Lipinski definition) is 1. The van der Waals surface area contributed by atoms with Crippen molar-refractivity contribution in [3.8, 4) is 0 Å². The van der Waals surface area contributed by atoms with Gasteiger partial charge in [0.15, 0.2) is 0 Å². The maximum absolute atomic E-state index is 4.41. The summed E-state index contributed by atoms with van der Waals surface area (Å²) in [5.74, 6) is 0. The summed E-state index contributed by atoms with van der Waals surface area (Å²) >= 11 is 0. The van der Waals surface area contributed by atoms with Crippen molar-refractivity contribution in [2.45, 2.75) is 39.7 Å². The summed E-state index contributed by atoms with van der Waals surface area (Å²) in [5, 5.41) is 3.57. The van der Waals surface area contributed by atoms with Gasteiger partial charge in [-0.15, -0.1) is 0 Å². The van der Waals surface area contributed by atoms with Crippen LogP contribution in [0.4, 0.5) is 0 Å². The van der Waals surface area contributed by atoms with Crippen molar-refractivity contribution >= 4 is 0 Å². The van der Waals surface area contributed by atoms with Gasteiger partial charge in [-0.25, -0.2) is 0 Å². The first-order valence-electron chi connectivity index (χ1n) is 7.41. The van der Waals surface area contributed by atoms with E-state index in [0.29, 0.717) is 6.04 Å². The van der Waals surface area contributed by atoms with Crippen molar-refractivity contribution < 1.29 is 0 Å². The van der Waals surface area contributed by atoms with Gasteiger partial charge in [-0.3, -0.25) is 4.98 Å². The quantitative estimate of drug-likeness (QED) is 0.857. The summed E-state index contributed by atoms with van der Waals surface area (Å²) in [4.78, 5) is 4.41. The second-order valence-corrected chi connectivity index (χ2v) is 5.31. The van der Waals surface area contributed by atoms with Crippen LogP contribution in [0.2, 0.25) is 0 Å². The minimum atomic E-state index is 0.382. The largest absolute Gasteiger partial charge is 0.310 e. The zero-order valence-corrected chi connectivity index (χ0v) is 12.7. The van der Waals surface area contributed by atoms with Crippen molar-refractivity contribution in [2.24, 2.45) is 0 Å². The first-order chi connectivity index (χ1) is 9.70. The minimum absolute atomic E-state index is 0.382. The molecule has 1 unspecified atom stereocenters. The molecule has 106 valence electrons. The first-order valence-corrected chi connectivity index (χ1v) is 7.41. The highest BCUT2D eigenvalue weighted by Crippen LogP contribution is 2.20. The molecule has 0 aliphatic heterocycles. The molecule has 0 radical (unpaired) electrons. The van der Waals surface area contributed by atoms with Crippen LogP contribution in [0.3, 0.4) is 0 Å². The fraction of sp³-hybridized carbons (Fsp3) is 0.389. The Morgan fingerprint density at radius 2 is 1.90 bits per heavy atom. The lowest BCUT2D eigenvalue weighted by atomic mass is 9.97. The van der Waals surface area contributed by atoms with Gasteiger partial charge in [0, 0.05) is 17.9 Å². The number of hydrogen-bond acceptors (Lipinski definition) is 2. The van der Waals surface area contributed by atoms with E-state index in [-0.39, 0.29) is 0 Å². The fourth-order valence-corrected chi connectivity index (χ4v) is 2.51. The van der Waals surface area contributed by atoms with E-state index in [9.17, 15) is 0 Å². The summed E-state index contributed by atoms with van der Waals surface area (Å²) in [6, 6.07) is 13.3. The van der Waals surface area contributed by atoms with Gasteiger partial charge in [-0.2, -0.15) is 0 Å². The predicted molar refractivity (Wildman–Crippen MR) is 84.9 cm³/mol. The highest BCUT2D eigenvalue weighted by atomic mass is 14.9. The van der Waals surface area contributed by atoms with Crippen LogP contribution in [0, 0.1) is 13.8 Å². The molecule has 0 aliphatic carbocycles. The van der Waals surface area contributed by atoms with E-state index in [1.54, 1.807) is 0 Å². The summed E-state index contributed by atoms with van der Waals surface area (Å²) in [7, 11) is 0. The topological polar surface area (TPSA) is 24.9 Å². The number of rotatable bonds is 6. The molecule has 2 aromatic rings. The third-order valence-electron chi connectivity index (χ3n) is 3.75. The van der Waals surface area contributed by atoms with Crippen molar-refractivity contribution in [2.75, 3.05) is 6.54 Å². The molecule has 2 rings (SSSR count). The van der Waals surface area contributed by atoms with E-state index in [4.69, 9.17) is 0 Å². The fourth-order valence-electron chi connectivity index (χ4n) is 2.51. The molecule has 0 saturated heterocycles. The van der Waals surface area contributed by atoms with Crippen LogP contribution in [0.15, 0.2) is 42.6 Å². The first kappa shape index (κ1) is 14.7. The van der Waals surface area contributed by atoms with Crippen molar-refractivity contribution in [3.05, 3.63) is 65.0 Å². The molecule has 0 amide bonds. The molecular weight excluding hydrogens is 244 g/mol. The molecular formula is C18H24N2. The zero-order chi connectivity index (χ0) is 14.4. The number of benzene rings is 1. The highest BCUT2D eigenvalue weighted by molar-refractivity contribution is 5.26. The van der Waals surface area contributed by atoms with Crippen LogP contribution in [0.25, 0.3) is 0 Å². The lowest BCUT2D eigenvalue weighted by Crippen LogP contribution is -2.21. The van der Waals surface area contributed by atoms with Gasteiger partial charge in [0.05, 0.1) is 0 Å². The number of aromatic nitrogens is 1. The van der Waals surface area contributed by atoms with Crippen LogP contribution in [-0.2, 0) is 6.42 Å². The maximum atomic E-state index is 4.41. The van der Waals surface area contributed by atoms with Gasteiger partial charge in [0.1, 0.15) is 0 Å². The molecule has 0 fully saturated rings. The Bertz CT molecular complexity index is 531. The minimum Gasteiger partial charge on any atom is -0.310 e. The molecule has 1 heterocycles. The van der Waals surface area contributed by atoms with E-state index >= 15 is 0 Å². The Balaban J connectivity index is 2.06. The third-order valence-corrected chi connectivity index (χ3v) is 3.75. The van der Waals surface area contributed by atoms with E-state index < -0.39 is 0 Å². The van der Waals surface area contributed by atoms with Gasteiger partial charge < -0.3 is 5.32 Å². The molecule has 0 saturated carbocycles. The summed E-state index contributed by atoms with van der Waals surface area (Å²) in [6.45, 7) is 7.35. The molecule has 20 heavy (non-hydrogen) atoms. The molecule has 2 heteroatoms. The van der Waals surface area contributed by atoms with E-state index in [0.717, 1.165) is 25.1 Å². The monoisotopic (exact) mass is 268 g/mol. The molecule has 0 aliphatic rings. The average Bonchev–Trinajstić information content (AvgIpc) is 2.46. The normalized spacial score (nSPS) is 12.3. The second-order valence-electron chi connectivity index (χ2n) is 5.31. The van der Waals surface area contributed by atoms with E-state index in [1.165, 1.54) is 16.7 Å². The van der Waals surface area contributed by atoms with Crippen molar-refractivity contribution in [1.29, 1.82) is 0 Å². The second kappa shape index (κ2) is 7.20. The van der Waals surface area contributed by atoms with Crippen LogP contribution in [-0.4, -0.2) is 11.5 Å². The smallest absolute Gasteiger partial charge is 0.0372 e. The number of pyridine rings is 1. The number of nitrogens with zero attached hydrogens (tertiary/aromatic N) is 1. The average molecular weight is 268 g/mol. The number of aryl methyl sites for hydroxylation is 3. The molecule has 1 aromatic heterocycles. The highest BCUT2D eigenvalue weighted by Gasteiger charge is 2.11. The summed E-state index contributed by atoms with van der Waals surface area (Å²) in [6.07, 6.45) is 4.20. The van der Waals surface area contributed by atoms with Gasteiger partial charge in [0.25, 0.3) is 0 Å². The molecule has 0 bridgehead atoms. The SMILES string of the molecule is CCNC(CCc1ccccc1C)c1ccc(C)nc1. The van der Waals surface area contributed by atoms with Gasteiger partial charge >= 0.3 is 0 Å². The molecule has 1 aromatic carbocycles. The Kier molecular flexibility index (Phi) is 5.31. The molecule has 1 atom stereocenters. The summed E-state index contributed by atoms with van der Waals surface area (Å²) in [5.41, 5.74) is 5.18. The Labute approximate surface area is 122 Å². The predicted octanol–water partition coefficient (Wildman–Crippen LogP) is 3.98. The maximum Gasteiger partial charge on any atom is 0.0372 e. The van der Waals surface area contributed by atoms with Crippen molar-refractivity contribution in [3.63, 3.8) is 0 Å². The zero-order valence-electron chi connectivity index (χ0n) is 12.7. The lowest BCUT2D eigenvalue weighted by molar-refractivity contribution is 0.513. The molecule has 0 spiro atoms. The van der Waals surface area contributed by atoms with E-state index in [1.807, 2.05) is 13.1 Å². The molecule has 2 nitrogen and oxygen atoms in total. The Hall–Kier alpha value is -1.67.